The van der Waals surface area contributed by atoms with Gasteiger partial charge in [0.05, 0.1) is 19.3 Å². The maximum Gasteiger partial charge on any atom is 0.319 e. The Hall–Kier alpha value is -4.27. The zero-order chi connectivity index (χ0) is 34.0. The molecular weight excluding hydrogens is 626 g/mol. The standard InChI is InChI=1S/C38H42F2N6O3/c1-5-24-17-46(18-25(6-2)41-24)35-31-34(43-37(44-35)49-20-38(10-11-38)19-45-15-22-12-23(22)16-45)32(40)33(42-36(31)48-4)28-14-26(47)13-21-8-9-29(39)27(7-3)30(21)28/h3,8-9,13-14,22-25,41,47H,5-6,10-12,15-20H2,1-2,4H3. The van der Waals surface area contributed by atoms with E-state index >= 15 is 4.39 Å². The van der Waals surface area contributed by atoms with E-state index in [9.17, 15) is 9.50 Å². The third-order valence-corrected chi connectivity index (χ3v) is 11.1. The molecule has 2 aromatic carbocycles. The second-order valence-electron chi connectivity index (χ2n) is 14.5. The Balaban J connectivity index is 1.27. The van der Waals surface area contributed by atoms with Crippen molar-refractivity contribution >= 4 is 27.5 Å². The highest BCUT2D eigenvalue weighted by atomic mass is 19.1. The van der Waals surface area contributed by atoms with Crippen LogP contribution in [0.25, 0.3) is 32.9 Å². The first-order valence-electron chi connectivity index (χ1n) is 17.5. The van der Waals surface area contributed by atoms with Gasteiger partial charge in [-0.2, -0.15) is 9.97 Å². The number of nitrogens with one attached hydrogen (secondary N) is 1. The van der Waals surface area contributed by atoms with Gasteiger partial charge in [-0.3, -0.25) is 0 Å². The normalized spacial score (nSPS) is 24.2. The number of halogens is 2. The fraction of sp³-hybridized carbons (Fsp3) is 0.500. The first kappa shape index (κ1) is 32.0. The van der Waals surface area contributed by atoms with Crippen molar-refractivity contribution in [1.82, 2.24) is 25.2 Å². The molecule has 4 atom stereocenters. The van der Waals surface area contributed by atoms with Crippen LogP contribution in [-0.2, 0) is 0 Å². The highest BCUT2D eigenvalue weighted by Gasteiger charge is 2.51. The molecule has 4 aromatic rings. The van der Waals surface area contributed by atoms with Crippen molar-refractivity contribution in [2.24, 2.45) is 17.3 Å². The molecule has 0 amide bonds. The number of phenols is 1. The Kier molecular flexibility index (Phi) is 7.99. The second kappa shape index (κ2) is 12.3. The van der Waals surface area contributed by atoms with Gasteiger partial charge in [-0.15, -0.1) is 6.42 Å². The van der Waals surface area contributed by atoms with Crippen LogP contribution in [0.1, 0.15) is 51.5 Å². The number of ether oxygens (including phenoxy) is 2. The summed E-state index contributed by atoms with van der Waals surface area (Å²) in [5, 5.41) is 15.4. The molecule has 9 nitrogen and oxygen atoms in total. The lowest BCUT2D eigenvalue weighted by atomic mass is 9.95. The fourth-order valence-corrected chi connectivity index (χ4v) is 8.03. The predicted molar refractivity (Wildman–Crippen MR) is 185 cm³/mol. The van der Waals surface area contributed by atoms with E-state index in [1.165, 1.54) is 50.9 Å². The third kappa shape index (κ3) is 5.79. The number of hydrogen-bond donors (Lipinski definition) is 2. The van der Waals surface area contributed by atoms with Gasteiger partial charge in [-0.25, -0.2) is 13.8 Å². The minimum Gasteiger partial charge on any atom is -0.508 e. The molecule has 4 heterocycles. The molecule has 8 rings (SSSR count). The molecule has 0 bridgehead atoms. The number of pyridine rings is 1. The van der Waals surface area contributed by atoms with Crippen LogP contribution < -0.4 is 19.7 Å². The van der Waals surface area contributed by atoms with Crippen LogP contribution in [0.4, 0.5) is 14.6 Å². The zero-order valence-corrected chi connectivity index (χ0v) is 28.2. The molecule has 4 aliphatic rings. The SMILES string of the molecule is C#Cc1c(F)ccc2cc(O)cc(-c3nc(OC)c4c(N5CC(CC)NC(CC)C5)nc(OCC5(CN6CC7CC7C6)CC5)nc4c3F)c12. The van der Waals surface area contributed by atoms with E-state index in [1.54, 1.807) is 0 Å². The van der Waals surface area contributed by atoms with Gasteiger partial charge in [0, 0.05) is 61.2 Å². The Morgan fingerprint density at radius 2 is 1.76 bits per heavy atom. The number of benzene rings is 2. The van der Waals surface area contributed by atoms with Gasteiger partial charge in [0.15, 0.2) is 5.82 Å². The number of terminal acetylenes is 1. The average molecular weight is 669 g/mol. The van der Waals surface area contributed by atoms with E-state index < -0.39 is 11.6 Å². The summed E-state index contributed by atoms with van der Waals surface area (Å²) in [4.78, 5) is 19.0. The number of piperidine rings is 1. The topological polar surface area (TPSA) is 95.9 Å². The van der Waals surface area contributed by atoms with Gasteiger partial charge in [0.1, 0.15) is 34.0 Å². The van der Waals surface area contributed by atoms with E-state index in [-0.39, 0.29) is 62.9 Å². The average Bonchev–Trinajstić information content (AvgIpc) is 4.02. The summed E-state index contributed by atoms with van der Waals surface area (Å²) in [6.45, 7) is 9.34. The van der Waals surface area contributed by atoms with Gasteiger partial charge in [0.25, 0.3) is 0 Å². The minimum atomic E-state index is -0.768. The highest BCUT2D eigenvalue weighted by molar-refractivity contribution is 6.04. The van der Waals surface area contributed by atoms with Gasteiger partial charge in [-0.1, -0.05) is 25.8 Å². The Labute approximate surface area is 285 Å². The smallest absolute Gasteiger partial charge is 0.319 e. The van der Waals surface area contributed by atoms with Crippen LogP contribution in [0.15, 0.2) is 24.3 Å². The molecule has 0 spiro atoms. The number of aromatic nitrogens is 3. The number of hydrogen-bond acceptors (Lipinski definition) is 9. The largest absolute Gasteiger partial charge is 0.508 e. The van der Waals surface area contributed by atoms with Gasteiger partial charge in [-0.05, 0) is 67.5 Å². The summed E-state index contributed by atoms with van der Waals surface area (Å²) in [5.41, 5.74) is -0.0841. The van der Waals surface area contributed by atoms with Crippen molar-refractivity contribution < 1.29 is 23.4 Å². The van der Waals surface area contributed by atoms with E-state index in [2.05, 4.69) is 44.9 Å². The molecule has 4 fully saturated rings. The van der Waals surface area contributed by atoms with Gasteiger partial charge >= 0.3 is 6.01 Å². The van der Waals surface area contributed by atoms with Crippen molar-refractivity contribution in [3.05, 3.63) is 41.5 Å². The molecule has 11 heteroatoms. The highest BCUT2D eigenvalue weighted by Crippen LogP contribution is 2.51. The van der Waals surface area contributed by atoms with Crippen LogP contribution in [0, 0.1) is 41.2 Å². The van der Waals surface area contributed by atoms with Crippen molar-refractivity contribution in [2.75, 3.05) is 51.3 Å². The van der Waals surface area contributed by atoms with Crippen LogP contribution in [0.5, 0.6) is 17.6 Å². The lowest BCUT2D eigenvalue weighted by Crippen LogP contribution is -2.56. The van der Waals surface area contributed by atoms with E-state index in [4.69, 9.17) is 20.9 Å². The van der Waals surface area contributed by atoms with Crippen LogP contribution in [-0.4, -0.2) is 83.5 Å². The quantitative estimate of drug-likeness (QED) is 0.201. The predicted octanol–water partition coefficient (Wildman–Crippen LogP) is 5.90. The Bertz CT molecular complexity index is 1970. The zero-order valence-electron chi connectivity index (χ0n) is 28.2. The van der Waals surface area contributed by atoms with Crippen LogP contribution >= 0.6 is 0 Å². The van der Waals surface area contributed by atoms with Crippen molar-refractivity contribution in [3.63, 3.8) is 0 Å². The van der Waals surface area contributed by atoms with E-state index in [0.29, 0.717) is 36.3 Å². The van der Waals surface area contributed by atoms with Crippen LogP contribution in [0.3, 0.4) is 0 Å². The summed E-state index contributed by atoms with van der Waals surface area (Å²) in [6, 6.07) is 6.02. The van der Waals surface area contributed by atoms with E-state index in [1.807, 2.05) is 0 Å². The molecule has 2 aliphatic heterocycles. The first-order valence-corrected chi connectivity index (χ1v) is 17.5. The first-order chi connectivity index (χ1) is 23.7. The summed E-state index contributed by atoms with van der Waals surface area (Å²) in [5.74, 6) is 3.17. The number of rotatable bonds is 10. The number of likely N-dealkylation sites (tertiary alicyclic amines) is 1. The molecule has 0 radical (unpaired) electrons. The summed E-state index contributed by atoms with van der Waals surface area (Å²) in [7, 11) is 1.46. The number of fused-ring (bicyclic) bond motifs is 3. The van der Waals surface area contributed by atoms with E-state index in [0.717, 1.165) is 44.1 Å². The molecule has 49 heavy (non-hydrogen) atoms. The molecule has 2 saturated heterocycles. The van der Waals surface area contributed by atoms with Crippen molar-refractivity contribution in [3.8, 4) is 41.2 Å². The lowest BCUT2D eigenvalue weighted by Gasteiger charge is -2.39. The van der Waals surface area contributed by atoms with Crippen LogP contribution in [0.2, 0.25) is 0 Å². The van der Waals surface area contributed by atoms with Crippen molar-refractivity contribution in [1.29, 1.82) is 0 Å². The number of aromatic hydroxyl groups is 1. The third-order valence-electron chi connectivity index (χ3n) is 11.1. The number of phenolic OH excluding ortho intramolecular Hbond substituents is 1. The Morgan fingerprint density at radius 1 is 1.02 bits per heavy atom. The van der Waals surface area contributed by atoms with Gasteiger partial charge in [0.2, 0.25) is 5.88 Å². The van der Waals surface area contributed by atoms with Gasteiger partial charge < -0.3 is 29.7 Å². The maximum absolute atomic E-state index is 17.1. The molecule has 2 saturated carbocycles. The summed E-state index contributed by atoms with van der Waals surface area (Å²) >= 11 is 0. The fourth-order valence-electron chi connectivity index (χ4n) is 8.03. The van der Waals surface area contributed by atoms with Crippen molar-refractivity contribution in [2.45, 2.75) is 58.0 Å². The molecule has 2 aliphatic carbocycles. The molecule has 256 valence electrons. The lowest BCUT2D eigenvalue weighted by molar-refractivity contribution is 0.163. The summed E-state index contributed by atoms with van der Waals surface area (Å²) < 4.78 is 44.4. The number of piperazine rings is 1. The molecule has 4 unspecified atom stereocenters. The monoisotopic (exact) mass is 668 g/mol. The molecule has 2 N–H and O–H groups in total. The summed E-state index contributed by atoms with van der Waals surface area (Å²) in [6.07, 6.45) is 11.1. The molecular formula is C38H42F2N6O3. The number of anilines is 1. The molecule has 2 aromatic heterocycles. The Morgan fingerprint density at radius 3 is 2.41 bits per heavy atom. The maximum atomic E-state index is 17.1. The minimum absolute atomic E-state index is 0.0267. The number of nitrogens with zero attached hydrogens (tertiary/aromatic N) is 5. The number of methoxy groups -OCH3 is 1. The second-order valence-corrected chi connectivity index (χ2v) is 14.5.